The molecule has 0 heterocycles. The number of hydrogen-bond donors (Lipinski definition) is 0. The second-order valence-electron chi connectivity index (χ2n) is 3.61. The normalized spacial score (nSPS) is 11.2. The lowest BCUT2D eigenvalue weighted by atomic mass is 10.3. The van der Waals surface area contributed by atoms with E-state index < -0.39 is 14.9 Å². The van der Waals surface area contributed by atoms with Crippen LogP contribution in [-0.2, 0) is 10.0 Å². The minimum absolute atomic E-state index is 0.00140. The Hall–Kier alpha value is -1.64. The van der Waals surface area contributed by atoms with Crippen molar-refractivity contribution in [3.05, 3.63) is 59.7 Å². The molecule has 0 N–H and O–H groups in total. The standard InChI is InChI=1S/C12H14N2O4S2/c1-3-9-13(19-10-4-2)20(17,18)12-7-5-11(6-8-12)14(15)16/h3-8H,1-2,9-10H2. The third kappa shape index (κ3) is 3.92. The second-order valence-corrected chi connectivity index (χ2v) is 6.74. The fourth-order valence-electron chi connectivity index (χ4n) is 1.32. The van der Waals surface area contributed by atoms with Crippen molar-refractivity contribution in [2.75, 3.05) is 12.3 Å². The van der Waals surface area contributed by atoms with E-state index in [9.17, 15) is 18.5 Å². The van der Waals surface area contributed by atoms with Gasteiger partial charge >= 0.3 is 0 Å². The van der Waals surface area contributed by atoms with E-state index in [4.69, 9.17) is 0 Å². The van der Waals surface area contributed by atoms with E-state index in [-0.39, 0.29) is 17.1 Å². The van der Waals surface area contributed by atoms with Crippen LogP contribution in [0.15, 0.2) is 54.5 Å². The lowest BCUT2D eigenvalue weighted by Crippen LogP contribution is -2.25. The molecule has 0 fully saturated rings. The first-order valence-electron chi connectivity index (χ1n) is 5.55. The third-order valence-electron chi connectivity index (χ3n) is 2.23. The summed E-state index contributed by atoms with van der Waals surface area (Å²) in [6, 6.07) is 4.77. The van der Waals surface area contributed by atoms with Gasteiger partial charge in [0.1, 0.15) is 0 Å². The van der Waals surface area contributed by atoms with E-state index in [0.29, 0.717) is 5.75 Å². The summed E-state index contributed by atoms with van der Waals surface area (Å²) in [5, 5.41) is 10.6. The predicted octanol–water partition coefficient (Wildman–Crippen LogP) is 2.61. The molecule has 8 heteroatoms. The Morgan fingerprint density at radius 3 is 2.30 bits per heavy atom. The molecule has 0 saturated carbocycles. The van der Waals surface area contributed by atoms with Gasteiger partial charge < -0.3 is 0 Å². The Morgan fingerprint density at radius 1 is 1.25 bits per heavy atom. The van der Waals surface area contributed by atoms with Gasteiger partial charge in [-0.05, 0) is 12.1 Å². The third-order valence-corrected chi connectivity index (χ3v) is 5.51. The zero-order valence-electron chi connectivity index (χ0n) is 10.6. The van der Waals surface area contributed by atoms with Gasteiger partial charge in [0, 0.05) is 24.4 Å². The molecule has 1 aromatic carbocycles. The molecule has 1 rings (SSSR count). The molecule has 0 saturated heterocycles. The van der Waals surface area contributed by atoms with E-state index in [1.165, 1.54) is 21.9 Å². The molecule has 0 aliphatic heterocycles. The maximum Gasteiger partial charge on any atom is 0.269 e. The van der Waals surface area contributed by atoms with Crippen LogP contribution < -0.4 is 0 Å². The van der Waals surface area contributed by atoms with Crippen molar-refractivity contribution in [2.45, 2.75) is 4.90 Å². The Balaban J connectivity index is 3.08. The number of hydrogen-bond acceptors (Lipinski definition) is 5. The average molecular weight is 314 g/mol. The number of benzene rings is 1. The highest BCUT2D eigenvalue weighted by molar-refractivity contribution is 8.08. The van der Waals surface area contributed by atoms with Gasteiger partial charge in [0.2, 0.25) is 0 Å². The first kappa shape index (κ1) is 16.4. The van der Waals surface area contributed by atoms with Gasteiger partial charge in [0.25, 0.3) is 15.7 Å². The van der Waals surface area contributed by atoms with E-state index in [0.717, 1.165) is 24.1 Å². The highest BCUT2D eigenvalue weighted by Crippen LogP contribution is 2.24. The van der Waals surface area contributed by atoms with Crippen molar-refractivity contribution in [1.29, 1.82) is 0 Å². The molecule has 0 bridgehead atoms. The number of non-ortho nitro benzene ring substituents is 1. The summed E-state index contributed by atoms with van der Waals surface area (Å²) >= 11 is 1.08. The molecule has 0 aliphatic carbocycles. The Bertz CT molecular complexity index is 596. The first-order chi connectivity index (χ1) is 9.43. The molecule has 0 aliphatic rings. The van der Waals surface area contributed by atoms with E-state index >= 15 is 0 Å². The van der Waals surface area contributed by atoms with Crippen LogP contribution in [0.3, 0.4) is 0 Å². The van der Waals surface area contributed by atoms with Crippen LogP contribution in [-0.4, -0.2) is 29.3 Å². The molecule has 6 nitrogen and oxygen atoms in total. The van der Waals surface area contributed by atoms with Crippen LogP contribution >= 0.6 is 11.9 Å². The lowest BCUT2D eigenvalue weighted by Gasteiger charge is -2.18. The van der Waals surface area contributed by atoms with Crippen LogP contribution in [0.1, 0.15) is 0 Å². The monoisotopic (exact) mass is 314 g/mol. The van der Waals surface area contributed by atoms with Gasteiger partial charge in [0.15, 0.2) is 0 Å². The minimum atomic E-state index is -3.72. The second kappa shape index (κ2) is 7.22. The predicted molar refractivity (Wildman–Crippen MR) is 79.8 cm³/mol. The van der Waals surface area contributed by atoms with Crippen LogP contribution in [0.2, 0.25) is 0 Å². The molecule has 0 unspecified atom stereocenters. The van der Waals surface area contributed by atoms with Crippen LogP contribution in [0.4, 0.5) is 5.69 Å². The number of nitro groups is 1. The van der Waals surface area contributed by atoms with Gasteiger partial charge in [-0.3, -0.25) is 10.1 Å². The minimum Gasteiger partial charge on any atom is -0.258 e. The average Bonchev–Trinajstić information content (AvgIpc) is 2.43. The van der Waals surface area contributed by atoms with Gasteiger partial charge in [-0.25, -0.2) is 8.42 Å². The van der Waals surface area contributed by atoms with E-state index in [1.54, 1.807) is 6.08 Å². The number of nitrogens with zero attached hydrogens (tertiary/aromatic N) is 2. The number of sulfonamides is 1. The van der Waals surface area contributed by atoms with E-state index in [2.05, 4.69) is 13.2 Å². The summed E-state index contributed by atoms with van der Waals surface area (Å²) in [6.45, 7) is 7.19. The quantitative estimate of drug-likeness (QED) is 0.319. The fraction of sp³-hybridized carbons (Fsp3) is 0.167. The zero-order chi connectivity index (χ0) is 15.2. The van der Waals surface area contributed by atoms with Gasteiger partial charge in [0.05, 0.1) is 9.82 Å². The van der Waals surface area contributed by atoms with Crippen molar-refractivity contribution in [3.8, 4) is 0 Å². The van der Waals surface area contributed by atoms with Crippen molar-refractivity contribution < 1.29 is 13.3 Å². The summed E-state index contributed by atoms with van der Waals surface area (Å²) in [5.41, 5.74) is -0.155. The molecule has 0 spiro atoms. The van der Waals surface area contributed by atoms with Gasteiger partial charge in [-0.1, -0.05) is 24.1 Å². The molecule has 1 aromatic rings. The van der Waals surface area contributed by atoms with Crippen molar-refractivity contribution in [1.82, 2.24) is 3.71 Å². The molecular weight excluding hydrogens is 300 g/mol. The van der Waals surface area contributed by atoms with Crippen molar-refractivity contribution >= 4 is 27.7 Å². The molecule has 0 radical (unpaired) electrons. The zero-order valence-corrected chi connectivity index (χ0v) is 12.3. The Kier molecular flexibility index (Phi) is 5.93. The lowest BCUT2D eigenvalue weighted by molar-refractivity contribution is -0.384. The molecule has 0 amide bonds. The SMILES string of the molecule is C=CCSN(CC=C)S(=O)(=O)c1ccc([N+](=O)[O-])cc1. The largest absolute Gasteiger partial charge is 0.269 e. The summed E-state index contributed by atoms with van der Waals surface area (Å²) in [5.74, 6) is 0.431. The summed E-state index contributed by atoms with van der Waals surface area (Å²) in [6.07, 6.45) is 3.06. The smallest absolute Gasteiger partial charge is 0.258 e. The van der Waals surface area contributed by atoms with Crippen molar-refractivity contribution in [2.24, 2.45) is 0 Å². The highest BCUT2D eigenvalue weighted by Gasteiger charge is 2.24. The van der Waals surface area contributed by atoms with E-state index in [1.807, 2.05) is 0 Å². The molecule has 108 valence electrons. The van der Waals surface area contributed by atoms with Crippen LogP contribution in [0.25, 0.3) is 0 Å². The number of rotatable bonds is 8. The summed E-state index contributed by atoms with van der Waals surface area (Å²) < 4.78 is 25.9. The molecule has 20 heavy (non-hydrogen) atoms. The maximum absolute atomic E-state index is 12.4. The molecule has 0 atom stereocenters. The summed E-state index contributed by atoms with van der Waals surface area (Å²) in [7, 11) is -3.72. The molecular formula is C12H14N2O4S2. The van der Waals surface area contributed by atoms with Gasteiger partial charge in [-0.15, -0.1) is 16.9 Å². The van der Waals surface area contributed by atoms with Crippen LogP contribution in [0, 0.1) is 10.1 Å². The fourth-order valence-corrected chi connectivity index (χ4v) is 3.81. The Morgan fingerprint density at radius 2 is 1.85 bits per heavy atom. The highest BCUT2D eigenvalue weighted by atomic mass is 32.3. The topological polar surface area (TPSA) is 80.5 Å². The van der Waals surface area contributed by atoms with Crippen molar-refractivity contribution in [3.63, 3.8) is 0 Å². The van der Waals surface area contributed by atoms with Crippen LogP contribution in [0.5, 0.6) is 0 Å². The van der Waals surface area contributed by atoms with Gasteiger partial charge in [-0.2, -0.15) is 0 Å². The summed E-state index contributed by atoms with van der Waals surface area (Å²) in [4.78, 5) is 9.98. The first-order valence-corrected chi connectivity index (χ1v) is 7.93. The maximum atomic E-state index is 12.4. The number of nitro benzene ring substituents is 1. The molecule has 0 aromatic heterocycles. The Labute approximate surface area is 122 Å².